The van der Waals surface area contributed by atoms with Gasteiger partial charge in [-0.15, -0.1) is 0 Å². The first-order valence-electron chi connectivity index (χ1n) is 10.5. The maximum Gasteiger partial charge on any atom is 0.419 e. The third-order valence-electron chi connectivity index (χ3n) is 5.53. The van der Waals surface area contributed by atoms with Gasteiger partial charge in [-0.05, 0) is 20.8 Å². The summed E-state index contributed by atoms with van der Waals surface area (Å²) in [5.74, 6) is -4.33. The largest absolute Gasteiger partial charge is 0.493 e. The number of piperidine rings is 1. The standard InChI is InChI=1S/C21H27F5N5O2.U/c1-14(16-13-31(6-5-20(16,22)23)18(32)33-19(2,3)4)29-7-9-30(10-8-29)17-27-11-15(12-28-17)21(24,25)26;/h1,11-12,16H,5-10,13H2,2-4H3;/q-1;. The van der Waals surface area contributed by atoms with Crippen molar-refractivity contribution in [3.63, 3.8) is 0 Å². The van der Waals surface area contributed by atoms with Gasteiger partial charge in [0.15, 0.2) is 0 Å². The van der Waals surface area contributed by atoms with Crippen LogP contribution in [0.15, 0.2) is 18.1 Å². The Morgan fingerprint density at radius 1 is 1.06 bits per heavy atom. The van der Waals surface area contributed by atoms with Crippen molar-refractivity contribution in [2.45, 2.75) is 44.9 Å². The SMILES string of the molecule is [CH-]=C(C1CN(C(=O)OC(C)(C)C)CCC1(F)F)N1CCN(c2ncc(C(F)(F)F)cn2)CC1.[U]. The normalized spacial score (nSPS) is 21.1. The van der Waals surface area contributed by atoms with E-state index >= 15 is 0 Å². The zero-order chi connectivity index (χ0) is 24.6. The Morgan fingerprint density at radius 2 is 1.62 bits per heavy atom. The van der Waals surface area contributed by atoms with Gasteiger partial charge in [-0.2, -0.15) is 18.9 Å². The van der Waals surface area contributed by atoms with Gasteiger partial charge < -0.3 is 26.0 Å². The first-order chi connectivity index (χ1) is 15.2. The molecular weight excluding hydrogens is 687 g/mol. The number of anilines is 1. The van der Waals surface area contributed by atoms with E-state index in [-0.39, 0.29) is 68.9 Å². The number of piperazine rings is 1. The molecule has 0 aliphatic carbocycles. The molecular formula is C21H27F5N5O2U-. The Balaban J connectivity index is 0.00000408. The molecule has 3 rings (SSSR count). The summed E-state index contributed by atoms with van der Waals surface area (Å²) in [4.78, 5) is 24.4. The number of carbonyl (C=O) groups excluding carboxylic acids is 1. The molecule has 1 atom stereocenters. The Hall–Kier alpha value is -1.61. The molecule has 2 fully saturated rings. The van der Waals surface area contributed by atoms with Crippen LogP contribution >= 0.6 is 0 Å². The van der Waals surface area contributed by atoms with E-state index in [9.17, 15) is 26.7 Å². The predicted octanol–water partition coefficient (Wildman–Crippen LogP) is 3.83. The molecule has 3 heterocycles. The average molecular weight is 714 g/mol. The van der Waals surface area contributed by atoms with Crippen molar-refractivity contribution >= 4 is 12.0 Å². The third kappa shape index (κ3) is 6.97. The number of hydrogen-bond acceptors (Lipinski definition) is 6. The van der Waals surface area contributed by atoms with Gasteiger partial charge in [0.2, 0.25) is 5.95 Å². The van der Waals surface area contributed by atoms with E-state index in [0.717, 1.165) is 0 Å². The third-order valence-corrected chi connectivity index (χ3v) is 5.53. The van der Waals surface area contributed by atoms with Crippen LogP contribution in [0.3, 0.4) is 0 Å². The number of halogens is 5. The zero-order valence-electron chi connectivity index (χ0n) is 19.2. The van der Waals surface area contributed by atoms with E-state index in [0.29, 0.717) is 25.5 Å². The minimum atomic E-state index is -4.53. The molecule has 2 aliphatic heterocycles. The van der Waals surface area contributed by atoms with Gasteiger partial charge in [0, 0.05) is 95.1 Å². The minimum Gasteiger partial charge on any atom is -0.493 e. The number of likely N-dealkylation sites (tertiary alicyclic amines) is 1. The van der Waals surface area contributed by atoms with Gasteiger partial charge in [0.25, 0.3) is 5.92 Å². The molecule has 0 bridgehead atoms. The number of carbonyl (C=O) groups is 1. The number of amides is 1. The second kappa shape index (κ2) is 10.6. The van der Waals surface area contributed by atoms with Crippen LogP contribution in [0.25, 0.3) is 0 Å². The summed E-state index contributed by atoms with van der Waals surface area (Å²) in [6.07, 6.45) is -4.30. The predicted molar refractivity (Wildman–Crippen MR) is 109 cm³/mol. The van der Waals surface area contributed by atoms with Crippen molar-refractivity contribution < 1.29 is 62.6 Å². The summed E-state index contributed by atoms with van der Waals surface area (Å²) in [6, 6.07) is 0. The van der Waals surface area contributed by atoms with E-state index in [1.165, 1.54) is 4.90 Å². The molecule has 1 amide bonds. The van der Waals surface area contributed by atoms with Crippen molar-refractivity contribution in [2.24, 2.45) is 5.92 Å². The molecule has 1 aromatic rings. The maximum absolute atomic E-state index is 14.7. The molecule has 1 unspecified atom stereocenters. The Bertz CT molecular complexity index is 868. The molecule has 2 aliphatic rings. The molecule has 0 aromatic carbocycles. The first-order valence-corrected chi connectivity index (χ1v) is 10.5. The molecule has 0 N–H and O–H groups in total. The smallest absolute Gasteiger partial charge is 0.419 e. The van der Waals surface area contributed by atoms with Crippen LogP contribution in [-0.4, -0.2) is 76.7 Å². The van der Waals surface area contributed by atoms with Crippen LogP contribution in [0.5, 0.6) is 0 Å². The van der Waals surface area contributed by atoms with Gasteiger partial charge in [-0.1, -0.05) is 0 Å². The van der Waals surface area contributed by atoms with Gasteiger partial charge in [0.05, 0.1) is 5.56 Å². The van der Waals surface area contributed by atoms with Crippen molar-refractivity contribution in [1.82, 2.24) is 19.8 Å². The molecule has 1 aromatic heterocycles. The van der Waals surface area contributed by atoms with Crippen LogP contribution in [0.4, 0.5) is 32.7 Å². The summed E-state index contributed by atoms with van der Waals surface area (Å²) < 4.78 is 72.8. The monoisotopic (exact) mass is 714 g/mol. The van der Waals surface area contributed by atoms with Gasteiger partial charge >= 0.3 is 12.3 Å². The Morgan fingerprint density at radius 3 is 2.12 bits per heavy atom. The van der Waals surface area contributed by atoms with Gasteiger partial charge in [-0.25, -0.2) is 23.5 Å². The first kappa shape index (κ1) is 28.6. The van der Waals surface area contributed by atoms with E-state index in [1.807, 2.05) is 0 Å². The van der Waals surface area contributed by atoms with Crippen LogP contribution in [0.2, 0.25) is 0 Å². The maximum atomic E-state index is 14.7. The van der Waals surface area contributed by atoms with Crippen LogP contribution in [-0.2, 0) is 10.9 Å². The molecule has 0 spiro atoms. The van der Waals surface area contributed by atoms with E-state index < -0.39 is 41.7 Å². The number of aromatic nitrogens is 2. The Kier molecular flexibility index (Phi) is 8.89. The number of nitrogens with zero attached hydrogens (tertiary/aromatic N) is 5. The average Bonchev–Trinajstić information content (AvgIpc) is 2.71. The molecule has 0 radical (unpaired) electrons. The summed E-state index contributed by atoms with van der Waals surface area (Å²) in [5.41, 5.74) is -1.73. The number of alkyl halides is 5. The topological polar surface area (TPSA) is 61.8 Å². The van der Waals surface area contributed by atoms with Crippen LogP contribution < -0.4 is 4.90 Å². The summed E-state index contributed by atoms with van der Waals surface area (Å²) in [7, 11) is 0. The molecule has 0 saturated carbocycles. The summed E-state index contributed by atoms with van der Waals surface area (Å²) in [6.45, 7) is 11.9. The summed E-state index contributed by atoms with van der Waals surface area (Å²) in [5, 5.41) is 0. The molecule has 7 nitrogen and oxygen atoms in total. The number of ether oxygens (including phenoxy) is 1. The van der Waals surface area contributed by atoms with E-state index in [1.54, 1.807) is 30.6 Å². The molecule has 34 heavy (non-hydrogen) atoms. The second-order valence-electron chi connectivity index (χ2n) is 9.16. The minimum absolute atomic E-state index is 0. The van der Waals surface area contributed by atoms with Crippen LogP contribution in [0, 0.1) is 43.6 Å². The molecule has 13 heteroatoms. The summed E-state index contributed by atoms with van der Waals surface area (Å²) >= 11 is 0. The van der Waals surface area contributed by atoms with Crippen molar-refractivity contribution in [3.05, 3.63) is 30.2 Å². The van der Waals surface area contributed by atoms with Crippen molar-refractivity contribution in [3.8, 4) is 0 Å². The van der Waals surface area contributed by atoms with E-state index in [2.05, 4.69) is 9.97 Å². The fraction of sp³-hybridized carbons (Fsp3) is 0.667. The number of hydrogen-bond donors (Lipinski definition) is 0. The Labute approximate surface area is 219 Å². The fourth-order valence-corrected chi connectivity index (χ4v) is 3.72. The van der Waals surface area contributed by atoms with Crippen molar-refractivity contribution in [2.75, 3.05) is 44.2 Å². The molecule has 188 valence electrons. The quantitative estimate of drug-likeness (QED) is 0.351. The second-order valence-corrected chi connectivity index (χ2v) is 9.16. The molecule has 2 saturated heterocycles. The zero-order valence-corrected chi connectivity index (χ0v) is 23.4. The van der Waals surface area contributed by atoms with Crippen molar-refractivity contribution in [1.29, 1.82) is 0 Å². The van der Waals surface area contributed by atoms with Crippen LogP contribution in [0.1, 0.15) is 32.8 Å². The number of rotatable bonds is 3. The fourth-order valence-electron chi connectivity index (χ4n) is 3.72. The van der Waals surface area contributed by atoms with E-state index in [4.69, 9.17) is 11.3 Å². The van der Waals surface area contributed by atoms with Gasteiger partial charge in [-0.3, -0.25) is 0 Å². The van der Waals surface area contributed by atoms with Gasteiger partial charge in [0.1, 0.15) is 5.60 Å².